The number of Topliss-reactive ketones (excluding diaryl/α,β-unsaturated/α-hetero) is 1. The molecule has 0 amide bonds. The van der Waals surface area contributed by atoms with E-state index in [0.29, 0.717) is 11.3 Å². The molecule has 0 fully saturated rings. The third kappa shape index (κ3) is 2.95. The van der Waals surface area contributed by atoms with Gasteiger partial charge < -0.3 is 0 Å². The first-order chi connectivity index (χ1) is 8.20. The van der Waals surface area contributed by atoms with Crippen molar-refractivity contribution in [1.29, 1.82) is 0 Å². The Balaban J connectivity index is 2.14. The van der Waals surface area contributed by atoms with E-state index in [4.69, 9.17) is 0 Å². The van der Waals surface area contributed by atoms with E-state index in [1.54, 1.807) is 6.20 Å². The van der Waals surface area contributed by atoms with Crippen LogP contribution in [-0.4, -0.2) is 20.4 Å². The van der Waals surface area contributed by atoms with Crippen LogP contribution in [0.1, 0.15) is 28.0 Å². The lowest BCUT2D eigenvalue weighted by Crippen LogP contribution is -2.05. The van der Waals surface area contributed by atoms with Crippen molar-refractivity contribution in [3.8, 4) is 0 Å². The molecule has 4 nitrogen and oxygen atoms in total. The monoisotopic (exact) mass is 311 g/mol. The van der Waals surface area contributed by atoms with Gasteiger partial charge in [-0.05, 0) is 46.0 Å². The number of ketones is 1. The summed E-state index contributed by atoms with van der Waals surface area (Å²) in [6.07, 6.45) is 2.71. The fourth-order valence-corrected chi connectivity index (χ4v) is 2.33. The predicted octanol–water partition coefficient (Wildman–Crippen LogP) is 2.68. The zero-order valence-electron chi connectivity index (χ0n) is 9.18. The van der Waals surface area contributed by atoms with Crippen LogP contribution in [0, 0.1) is 0 Å². The second-order valence-electron chi connectivity index (χ2n) is 3.47. The van der Waals surface area contributed by atoms with Crippen LogP contribution in [0.15, 0.2) is 22.8 Å². The molecule has 0 saturated heterocycles. The third-order valence-corrected chi connectivity index (χ3v) is 3.55. The van der Waals surface area contributed by atoms with E-state index in [2.05, 4.69) is 30.5 Å². The van der Waals surface area contributed by atoms with Gasteiger partial charge in [-0.25, -0.2) is 0 Å². The first kappa shape index (κ1) is 12.3. The number of carbonyl (C=O) groups excluding carboxylic acids is 1. The number of rotatable bonds is 4. The minimum absolute atomic E-state index is 0.0340. The average Bonchev–Trinajstić information content (AvgIpc) is 2.80. The van der Waals surface area contributed by atoms with Crippen molar-refractivity contribution in [2.45, 2.75) is 19.8 Å². The van der Waals surface area contributed by atoms with Crippen LogP contribution in [0.3, 0.4) is 0 Å². The molecule has 17 heavy (non-hydrogen) atoms. The third-order valence-electron chi connectivity index (χ3n) is 2.27. The molecule has 0 aliphatic carbocycles. The maximum absolute atomic E-state index is 12.0. The number of hydrogen-bond acceptors (Lipinski definition) is 5. The number of halogens is 1. The summed E-state index contributed by atoms with van der Waals surface area (Å²) in [5.41, 5.74) is 1.53. The minimum atomic E-state index is 0.0340. The van der Waals surface area contributed by atoms with Crippen LogP contribution < -0.4 is 0 Å². The Kier molecular flexibility index (Phi) is 3.96. The van der Waals surface area contributed by atoms with E-state index < -0.39 is 0 Å². The summed E-state index contributed by atoms with van der Waals surface area (Å²) in [6.45, 7) is 1.96. The van der Waals surface area contributed by atoms with E-state index in [1.165, 1.54) is 0 Å². The SMILES string of the molecule is CCc1nnsc1C(=O)Cc1ccc(Br)cn1. The van der Waals surface area contributed by atoms with Gasteiger partial charge in [-0.2, -0.15) is 0 Å². The Morgan fingerprint density at radius 2 is 2.29 bits per heavy atom. The predicted molar refractivity (Wildman–Crippen MR) is 69.3 cm³/mol. The van der Waals surface area contributed by atoms with Crippen molar-refractivity contribution >= 4 is 33.2 Å². The Morgan fingerprint density at radius 3 is 2.94 bits per heavy atom. The molecule has 6 heteroatoms. The van der Waals surface area contributed by atoms with Gasteiger partial charge in [-0.15, -0.1) is 5.10 Å². The highest BCUT2D eigenvalue weighted by atomic mass is 79.9. The molecule has 2 rings (SSSR count). The standard InChI is InChI=1S/C11H10BrN3OS/c1-2-9-11(17-15-14-9)10(16)5-8-4-3-7(12)6-13-8/h3-4,6H,2,5H2,1H3. The van der Waals surface area contributed by atoms with Crippen molar-refractivity contribution in [3.05, 3.63) is 39.1 Å². The number of carbonyl (C=O) groups is 1. The number of aromatic nitrogens is 3. The summed E-state index contributed by atoms with van der Waals surface area (Å²) < 4.78 is 4.72. The molecular formula is C11H10BrN3OS. The lowest BCUT2D eigenvalue weighted by molar-refractivity contribution is 0.0995. The number of hydrogen-bond donors (Lipinski definition) is 0. The van der Waals surface area contributed by atoms with Gasteiger partial charge in [0.15, 0.2) is 5.78 Å². The lowest BCUT2D eigenvalue weighted by atomic mass is 10.1. The molecular weight excluding hydrogens is 302 g/mol. The highest BCUT2D eigenvalue weighted by Crippen LogP contribution is 2.15. The summed E-state index contributed by atoms with van der Waals surface area (Å²) in [6, 6.07) is 3.71. The van der Waals surface area contributed by atoms with Crippen LogP contribution in [0.5, 0.6) is 0 Å². The van der Waals surface area contributed by atoms with Crippen molar-refractivity contribution in [2.75, 3.05) is 0 Å². The molecule has 0 N–H and O–H groups in total. The van der Waals surface area contributed by atoms with Gasteiger partial charge >= 0.3 is 0 Å². The maximum atomic E-state index is 12.0. The van der Waals surface area contributed by atoms with Crippen LogP contribution in [0.4, 0.5) is 0 Å². The topological polar surface area (TPSA) is 55.7 Å². The van der Waals surface area contributed by atoms with Gasteiger partial charge in [0, 0.05) is 16.4 Å². The Bertz CT molecular complexity index is 524. The summed E-state index contributed by atoms with van der Waals surface area (Å²) in [7, 11) is 0. The number of pyridine rings is 1. The summed E-state index contributed by atoms with van der Waals surface area (Å²) in [4.78, 5) is 16.8. The molecule has 2 aromatic heterocycles. The summed E-state index contributed by atoms with van der Waals surface area (Å²) in [5, 5.41) is 3.93. The first-order valence-corrected chi connectivity index (χ1v) is 6.72. The number of aryl methyl sites for hydroxylation is 1. The second kappa shape index (κ2) is 5.46. The van der Waals surface area contributed by atoms with Gasteiger partial charge in [-0.3, -0.25) is 9.78 Å². The highest BCUT2D eigenvalue weighted by Gasteiger charge is 2.15. The molecule has 0 saturated carbocycles. The van der Waals surface area contributed by atoms with Crippen molar-refractivity contribution < 1.29 is 4.79 Å². The van der Waals surface area contributed by atoms with E-state index in [-0.39, 0.29) is 5.78 Å². The second-order valence-corrected chi connectivity index (χ2v) is 5.14. The molecule has 2 aromatic rings. The molecule has 0 radical (unpaired) electrons. The lowest BCUT2D eigenvalue weighted by Gasteiger charge is -1.99. The van der Waals surface area contributed by atoms with Gasteiger partial charge in [0.05, 0.1) is 12.1 Å². The van der Waals surface area contributed by atoms with Crippen LogP contribution in [-0.2, 0) is 12.8 Å². The largest absolute Gasteiger partial charge is 0.293 e. The van der Waals surface area contributed by atoms with Gasteiger partial charge in [0.25, 0.3) is 0 Å². The first-order valence-electron chi connectivity index (χ1n) is 5.15. The molecule has 0 bridgehead atoms. The normalized spacial score (nSPS) is 10.5. The van der Waals surface area contributed by atoms with Crippen molar-refractivity contribution in [3.63, 3.8) is 0 Å². The van der Waals surface area contributed by atoms with Gasteiger partial charge in [-0.1, -0.05) is 11.4 Å². The Hall–Kier alpha value is -1.14. The quantitative estimate of drug-likeness (QED) is 0.815. The van der Waals surface area contributed by atoms with Crippen molar-refractivity contribution in [2.24, 2.45) is 0 Å². The zero-order valence-corrected chi connectivity index (χ0v) is 11.6. The summed E-state index contributed by atoms with van der Waals surface area (Å²) in [5.74, 6) is 0.0340. The molecule has 0 atom stereocenters. The van der Waals surface area contributed by atoms with Crippen LogP contribution in [0.25, 0.3) is 0 Å². The molecule has 0 spiro atoms. The highest BCUT2D eigenvalue weighted by molar-refractivity contribution is 9.10. The van der Waals surface area contributed by atoms with Crippen LogP contribution >= 0.6 is 27.5 Å². The van der Waals surface area contributed by atoms with Crippen molar-refractivity contribution in [1.82, 2.24) is 14.6 Å². The smallest absolute Gasteiger partial charge is 0.182 e. The molecule has 0 unspecified atom stereocenters. The van der Waals surface area contributed by atoms with Crippen LogP contribution in [0.2, 0.25) is 0 Å². The van der Waals surface area contributed by atoms with E-state index in [9.17, 15) is 4.79 Å². The van der Waals surface area contributed by atoms with E-state index in [0.717, 1.165) is 33.8 Å². The van der Waals surface area contributed by atoms with Gasteiger partial charge in [0.2, 0.25) is 0 Å². The van der Waals surface area contributed by atoms with E-state index in [1.807, 2.05) is 19.1 Å². The molecule has 0 aliphatic heterocycles. The number of nitrogens with zero attached hydrogens (tertiary/aromatic N) is 3. The zero-order chi connectivity index (χ0) is 12.3. The fraction of sp³-hybridized carbons (Fsp3) is 0.273. The maximum Gasteiger partial charge on any atom is 0.182 e. The van der Waals surface area contributed by atoms with Gasteiger partial charge in [0.1, 0.15) is 4.88 Å². The molecule has 0 aliphatic rings. The Morgan fingerprint density at radius 1 is 1.47 bits per heavy atom. The average molecular weight is 312 g/mol. The Labute approximate surface area is 111 Å². The molecule has 0 aromatic carbocycles. The fourth-order valence-electron chi connectivity index (χ4n) is 1.41. The molecule has 88 valence electrons. The minimum Gasteiger partial charge on any atom is -0.293 e. The summed E-state index contributed by atoms with van der Waals surface area (Å²) >= 11 is 4.46. The van der Waals surface area contributed by atoms with E-state index >= 15 is 0 Å². The molecule has 2 heterocycles.